The third-order valence-electron chi connectivity index (χ3n) is 8.53. The average Bonchev–Trinajstić information content (AvgIpc) is 3.53. The number of carbonyl (C=O) groups excluding carboxylic acids is 1. The van der Waals surface area contributed by atoms with Gasteiger partial charge in [-0.05, 0) is 73.9 Å². The van der Waals surface area contributed by atoms with Gasteiger partial charge >= 0.3 is 6.18 Å². The van der Waals surface area contributed by atoms with Crippen LogP contribution in [0.4, 0.5) is 19.0 Å². The van der Waals surface area contributed by atoms with Crippen LogP contribution < -0.4 is 11.1 Å². The van der Waals surface area contributed by atoms with Gasteiger partial charge in [0, 0.05) is 48.0 Å². The zero-order chi connectivity index (χ0) is 31.4. The highest BCUT2D eigenvalue weighted by Crippen LogP contribution is 2.34. The number of rotatable bonds is 8. The number of thiophene rings is 1. The Morgan fingerprint density at radius 1 is 1.20 bits per heavy atom. The molecule has 8 nitrogen and oxygen atoms in total. The van der Waals surface area contributed by atoms with E-state index in [0.29, 0.717) is 22.0 Å². The molecule has 6 rings (SSSR count). The number of anilines is 1. The predicted molar refractivity (Wildman–Crippen MR) is 167 cm³/mol. The topological polar surface area (TPSA) is 113 Å². The first-order valence-electron chi connectivity index (χ1n) is 14.8. The van der Waals surface area contributed by atoms with Gasteiger partial charge < -0.3 is 15.6 Å². The Balaban J connectivity index is 0.000000712. The van der Waals surface area contributed by atoms with Gasteiger partial charge in [-0.3, -0.25) is 9.69 Å². The van der Waals surface area contributed by atoms with Crippen LogP contribution in [0.25, 0.3) is 21.1 Å². The van der Waals surface area contributed by atoms with E-state index in [1.54, 1.807) is 6.07 Å². The molecule has 0 atom stereocenters. The molecule has 232 valence electrons. The molecule has 12 heteroatoms. The first-order valence-corrected chi connectivity index (χ1v) is 15.6. The molecular weight excluding hydrogens is 587 g/mol. The molecule has 44 heavy (non-hydrogen) atoms. The second-order valence-electron chi connectivity index (χ2n) is 11.6. The number of hydrogen-bond acceptors (Lipinski definition) is 7. The van der Waals surface area contributed by atoms with Crippen molar-refractivity contribution in [3.63, 3.8) is 0 Å². The van der Waals surface area contributed by atoms with Gasteiger partial charge in [-0.25, -0.2) is 9.97 Å². The molecule has 1 amide bonds. The number of nitrogens with zero attached hydrogens (tertiary/aromatic N) is 5. The summed E-state index contributed by atoms with van der Waals surface area (Å²) in [6.07, 6.45) is 2.92. The maximum atomic E-state index is 12.9. The Kier molecular flexibility index (Phi) is 9.56. The van der Waals surface area contributed by atoms with Gasteiger partial charge in [-0.1, -0.05) is 19.1 Å². The molecule has 3 aromatic heterocycles. The highest BCUT2D eigenvalue weighted by atomic mass is 32.1. The lowest BCUT2D eigenvalue weighted by Crippen LogP contribution is -2.39. The zero-order valence-electron chi connectivity index (χ0n) is 24.7. The number of halogens is 3. The number of alkyl halides is 3. The van der Waals surface area contributed by atoms with Crippen LogP contribution in [0.15, 0.2) is 43.2 Å². The number of nitrogens with two attached hydrogens (primary N) is 1. The number of likely N-dealkylation sites (tertiary alicyclic amines) is 1. The summed E-state index contributed by atoms with van der Waals surface area (Å²) in [4.78, 5) is 21.3. The number of hydrogen-bond donors (Lipinski definition) is 2. The second kappa shape index (κ2) is 13.4. The first-order chi connectivity index (χ1) is 21.0. The SMILES string of the molecule is C=CC(N)=O.Cc1c(CN2CCC(Nc3ncnc4sc(CC(F)(F)F)cc34)CC2)ccc2c1cc(C#N)n2CC1CCC1. The fraction of sp³-hybridized carbons (Fsp3) is 0.438. The first kappa shape index (κ1) is 31.5. The molecule has 1 aliphatic carbocycles. The van der Waals surface area contributed by atoms with Crippen LogP contribution in [0.5, 0.6) is 0 Å². The number of nitrogens with one attached hydrogen (secondary N) is 1. The minimum atomic E-state index is -4.24. The molecule has 0 spiro atoms. The molecule has 2 fully saturated rings. The van der Waals surface area contributed by atoms with Crippen molar-refractivity contribution in [1.82, 2.24) is 19.4 Å². The summed E-state index contributed by atoms with van der Waals surface area (Å²) in [5.41, 5.74) is 8.97. The number of aromatic nitrogens is 3. The van der Waals surface area contributed by atoms with Crippen molar-refractivity contribution < 1.29 is 18.0 Å². The maximum absolute atomic E-state index is 12.9. The van der Waals surface area contributed by atoms with Crippen LogP contribution >= 0.6 is 11.3 Å². The molecule has 3 N–H and O–H groups in total. The largest absolute Gasteiger partial charge is 0.393 e. The number of carbonyl (C=O) groups is 1. The minimum absolute atomic E-state index is 0.201. The van der Waals surface area contributed by atoms with Crippen molar-refractivity contribution in [3.05, 3.63) is 64.9 Å². The fourth-order valence-electron chi connectivity index (χ4n) is 5.89. The van der Waals surface area contributed by atoms with Gasteiger partial charge in [0.1, 0.15) is 28.7 Å². The van der Waals surface area contributed by atoms with E-state index < -0.39 is 18.5 Å². The smallest absolute Gasteiger partial charge is 0.367 e. The van der Waals surface area contributed by atoms with E-state index in [0.717, 1.165) is 67.6 Å². The van der Waals surface area contributed by atoms with Gasteiger partial charge in [0.05, 0.1) is 11.8 Å². The number of amides is 1. The Hall–Kier alpha value is -3.95. The lowest BCUT2D eigenvalue weighted by Gasteiger charge is -2.33. The highest BCUT2D eigenvalue weighted by molar-refractivity contribution is 7.18. The quantitative estimate of drug-likeness (QED) is 0.218. The molecule has 0 unspecified atom stereocenters. The van der Waals surface area contributed by atoms with Crippen LogP contribution in [-0.4, -0.2) is 50.6 Å². The van der Waals surface area contributed by atoms with E-state index in [-0.39, 0.29) is 10.9 Å². The normalized spacial score (nSPS) is 16.2. The van der Waals surface area contributed by atoms with E-state index in [9.17, 15) is 23.2 Å². The molecule has 4 aromatic rings. The Bertz CT molecular complexity index is 1690. The second-order valence-corrected chi connectivity index (χ2v) is 12.7. The molecule has 4 heterocycles. The lowest BCUT2D eigenvalue weighted by molar-refractivity contribution is -0.126. The summed E-state index contributed by atoms with van der Waals surface area (Å²) in [7, 11) is 0. The standard InChI is InChI=1S/C29H31F3N6S.C3H5NO/c1-18-20(5-6-26-24(18)11-22(14-33)38(26)15-19-3-2-4-19)16-37-9-7-21(8-10-37)36-27-25-12-23(13-29(30,31)32)39-28(25)35-17-34-27;1-2-3(4)5/h5-6,11-12,17,19,21H,2-4,7-10,13,15-16H2,1H3,(H,34,35,36);2H,1H2,(H2,4,5). The van der Waals surface area contributed by atoms with Crippen molar-refractivity contribution in [2.45, 2.75) is 70.8 Å². The maximum Gasteiger partial charge on any atom is 0.393 e. The molecule has 0 bridgehead atoms. The number of fused-ring (bicyclic) bond motifs is 2. The van der Waals surface area contributed by atoms with Gasteiger partial charge in [-0.2, -0.15) is 18.4 Å². The van der Waals surface area contributed by atoms with Crippen molar-refractivity contribution in [1.29, 1.82) is 5.26 Å². The van der Waals surface area contributed by atoms with Crippen LogP contribution in [0.3, 0.4) is 0 Å². The van der Waals surface area contributed by atoms with Crippen molar-refractivity contribution in [2.24, 2.45) is 11.7 Å². The van der Waals surface area contributed by atoms with Crippen molar-refractivity contribution >= 4 is 44.2 Å². The van der Waals surface area contributed by atoms with E-state index in [1.165, 1.54) is 42.1 Å². The van der Waals surface area contributed by atoms with Gasteiger partial charge in [0.2, 0.25) is 5.91 Å². The Morgan fingerprint density at radius 3 is 2.55 bits per heavy atom. The molecule has 1 aliphatic heterocycles. The van der Waals surface area contributed by atoms with E-state index >= 15 is 0 Å². The van der Waals surface area contributed by atoms with Gasteiger partial charge in [0.25, 0.3) is 0 Å². The zero-order valence-corrected chi connectivity index (χ0v) is 25.5. The molecule has 1 saturated heterocycles. The van der Waals surface area contributed by atoms with Gasteiger partial charge in [-0.15, -0.1) is 11.3 Å². The summed E-state index contributed by atoms with van der Waals surface area (Å²) >= 11 is 1.08. The van der Waals surface area contributed by atoms with E-state index in [4.69, 9.17) is 0 Å². The van der Waals surface area contributed by atoms with Crippen molar-refractivity contribution in [3.8, 4) is 6.07 Å². The van der Waals surface area contributed by atoms with Crippen LogP contribution in [0.2, 0.25) is 0 Å². The van der Waals surface area contributed by atoms with Crippen LogP contribution in [0.1, 0.15) is 53.8 Å². The van der Waals surface area contributed by atoms with E-state index in [2.05, 4.69) is 68.3 Å². The number of piperidine rings is 1. The molecule has 2 aliphatic rings. The van der Waals surface area contributed by atoms with Crippen LogP contribution in [-0.2, 0) is 24.3 Å². The summed E-state index contributed by atoms with van der Waals surface area (Å²) in [6.45, 7) is 8.86. The minimum Gasteiger partial charge on any atom is -0.367 e. The highest BCUT2D eigenvalue weighted by Gasteiger charge is 2.29. The fourth-order valence-corrected chi connectivity index (χ4v) is 6.92. The van der Waals surface area contributed by atoms with Crippen molar-refractivity contribution in [2.75, 3.05) is 18.4 Å². The van der Waals surface area contributed by atoms with Gasteiger partial charge in [0.15, 0.2) is 0 Å². The summed E-state index contributed by atoms with van der Waals surface area (Å²) < 4.78 is 40.8. The summed E-state index contributed by atoms with van der Waals surface area (Å²) in [5, 5.41) is 15.1. The molecular formula is C32H36F3N7OS. The summed E-state index contributed by atoms with van der Waals surface area (Å²) in [5.74, 6) is 0.817. The number of aryl methyl sites for hydroxylation is 1. The average molecular weight is 624 g/mol. The molecule has 1 aromatic carbocycles. The lowest BCUT2D eigenvalue weighted by atomic mass is 9.85. The van der Waals surface area contributed by atoms with E-state index in [1.807, 2.05) is 0 Å². The van der Waals surface area contributed by atoms with Crippen LogP contribution in [0, 0.1) is 24.2 Å². The Morgan fingerprint density at radius 2 is 1.93 bits per heavy atom. The molecule has 1 saturated carbocycles. The molecule has 0 radical (unpaired) electrons. The predicted octanol–water partition coefficient (Wildman–Crippen LogP) is 6.47. The Labute approximate surface area is 258 Å². The monoisotopic (exact) mass is 623 g/mol. The summed E-state index contributed by atoms with van der Waals surface area (Å²) in [6, 6.07) is 10.6. The number of benzene rings is 1. The third-order valence-corrected chi connectivity index (χ3v) is 9.57. The third kappa shape index (κ3) is 7.39. The number of primary amides is 1. The number of nitriles is 1.